The fourth-order valence-electron chi connectivity index (χ4n) is 0.510. The quantitative estimate of drug-likeness (QED) is 0.326. The molecule has 0 rings (SSSR count). The number of aliphatic hydroxyl groups is 2. The molecule has 0 fully saturated rings. The minimum atomic E-state index is -0.712. The lowest BCUT2D eigenvalue weighted by Crippen LogP contribution is -2.06. The third-order valence-corrected chi connectivity index (χ3v) is 1.06. The smallest absolute Gasteiger partial charge is 0.333 e. The minimum Gasteiger partial charge on any atom is -0.460 e. The van der Waals surface area contributed by atoms with Gasteiger partial charge in [-0.25, -0.2) is 4.79 Å². The van der Waals surface area contributed by atoms with Crippen molar-refractivity contribution in [1.82, 2.24) is 0 Å². The van der Waals surface area contributed by atoms with Gasteiger partial charge in [0.25, 0.3) is 0 Å². The van der Waals surface area contributed by atoms with E-state index < -0.39 is 11.9 Å². The van der Waals surface area contributed by atoms with Crippen molar-refractivity contribution in [3.63, 3.8) is 0 Å². The number of rotatable bonds is 6. The summed E-state index contributed by atoms with van der Waals surface area (Å²) in [5.74, 6) is -1.35. The van der Waals surface area contributed by atoms with Crippen molar-refractivity contribution in [1.29, 1.82) is 0 Å². The molecule has 0 aliphatic heterocycles. The lowest BCUT2D eigenvalue weighted by Gasteiger charge is -1.97. The Balaban J connectivity index is 3.60. The van der Waals surface area contributed by atoms with Crippen LogP contribution in [0.3, 0.4) is 0 Å². The third kappa shape index (κ3) is 7.26. The van der Waals surface area contributed by atoms with Crippen LogP contribution >= 0.6 is 0 Å². The molecule has 0 aromatic rings. The first kappa shape index (κ1) is 12.6. The topological polar surface area (TPSA) is 93.1 Å². The fourth-order valence-corrected chi connectivity index (χ4v) is 0.510. The number of esters is 2. The maximum absolute atomic E-state index is 10.7. The Hall–Kier alpha value is -1.40. The van der Waals surface area contributed by atoms with Gasteiger partial charge in [0.2, 0.25) is 0 Å². The Morgan fingerprint density at radius 2 is 1.93 bits per heavy atom. The average Bonchev–Trinajstić information content (AvgIpc) is 2.15. The summed E-state index contributed by atoms with van der Waals surface area (Å²) in [7, 11) is 0. The molecular weight excluding hydrogens is 192 g/mol. The van der Waals surface area contributed by atoms with Gasteiger partial charge in [0.15, 0.2) is 0 Å². The normalized spacial score (nSPS) is 10.1. The number of hydrogen-bond donors (Lipinski definition) is 2. The van der Waals surface area contributed by atoms with Gasteiger partial charge in [-0.05, 0) is 0 Å². The number of carbonyl (C=O) groups is 2. The maximum atomic E-state index is 10.7. The van der Waals surface area contributed by atoms with Crippen molar-refractivity contribution in [2.45, 2.75) is 6.42 Å². The Bertz CT molecular complexity index is 210. The zero-order valence-electron chi connectivity index (χ0n) is 7.51. The summed E-state index contributed by atoms with van der Waals surface area (Å²) in [6.07, 6.45) is 1.65. The van der Waals surface area contributed by atoms with Gasteiger partial charge in [-0.3, -0.25) is 4.79 Å². The summed E-state index contributed by atoms with van der Waals surface area (Å²) in [4.78, 5) is 21.3. The molecule has 2 N–H and O–H groups in total. The van der Waals surface area contributed by atoms with Crippen LogP contribution in [0.1, 0.15) is 6.42 Å². The molecule has 0 radical (unpaired) electrons. The second-order valence-corrected chi connectivity index (χ2v) is 2.16. The molecule has 0 aromatic carbocycles. The molecule has 80 valence electrons. The van der Waals surface area contributed by atoms with Gasteiger partial charge in [0, 0.05) is 0 Å². The molecule has 0 saturated heterocycles. The Morgan fingerprint density at radius 1 is 1.21 bits per heavy atom. The van der Waals surface area contributed by atoms with E-state index in [9.17, 15) is 9.59 Å². The number of ether oxygens (including phenoxy) is 2. The molecule has 0 amide bonds. The van der Waals surface area contributed by atoms with Crippen molar-refractivity contribution >= 4 is 11.9 Å². The van der Waals surface area contributed by atoms with Gasteiger partial charge in [-0.15, -0.1) is 0 Å². The molecule has 14 heavy (non-hydrogen) atoms. The van der Waals surface area contributed by atoms with Crippen LogP contribution in [0.25, 0.3) is 0 Å². The van der Waals surface area contributed by atoms with Crippen LogP contribution in [0.2, 0.25) is 0 Å². The van der Waals surface area contributed by atoms with E-state index in [1.54, 1.807) is 0 Å². The van der Waals surface area contributed by atoms with Gasteiger partial charge < -0.3 is 19.7 Å². The van der Waals surface area contributed by atoms with E-state index in [1.165, 1.54) is 0 Å². The maximum Gasteiger partial charge on any atom is 0.333 e. The van der Waals surface area contributed by atoms with Crippen LogP contribution in [0.5, 0.6) is 0 Å². The highest BCUT2D eigenvalue weighted by Crippen LogP contribution is 1.87. The predicted molar refractivity (Wildman–Crippen MR) is 45.0 cm³/mol. The zero-order valence-corrected chi connectivity index (χ0v) is 7.51. The van der Waals surface area contributed by atoms with E-state index in [1.807, 2.05) is 0 Å². The fraction of sp³-hybridized carbons (Fsp3) is 0.500. The van der Waals surface area contributed by atoms with Crippen LogP contribution in [0.15, 0.2) is 12.3 Å². The van der Waals surface area contributed by atoms with Gasteiger partial charge >= 0.3 is 11.9 Å². The number of carbonyl (C=O) groups excluding carboxylic acids is 2. The summed E-state index contributed by atoms with van der Waals surface area (Å²) < 4.78 is 8.81. The Morgan fingerprint density at radius 3 is 2.50 bits per heavy atom. The van der Waals surface area contributed by atoms with E-state index in [2.05, 4.69) is 9.47 Å². The third-order valence-electron chi connectivity index (χ3n) is 1.06. The lowest BCUT2D eigenvalue weighted by molar-refractivity contribution is -0.139. The molecule has 0 unspecified atom stereocenters. The molecule has 0 heterocycles. The van der Waals surface area contributed by atoms with Crippen LogP contribution in [0.4, 0.5) is 0 Å². The number of hydrogen-bond acceptors (Lipinski definition) is 6. The Kier molecular flexibility index (Phi) is 7.39. The van der Waals surface area contributed by atoms with Crippen molar-refractivity contribution in [3.8, 4) is 0 Å². The molecule has 0 aliphatic carbocycles. The van der Waals surface area contributed by atoms with E-state index in [0.717, 1.165) is 12.3 Å². The lowest BCUT2D eigenvalue weighted by atomic mass is 10.5. The SMILES string of the molecule is O=C(/C=C/OC(=O)CCO)OCCO. The second kappa shape index (κ2) is 8.21. The highest BCUT2D eigenvalue weighted by Gasteiger charge is 1.99. The first-order chi connectivity index (χ1) is 6.70. The van der Waals surface area contributed by atoms with Crippen LogP contribution in [-0.4, -0.2) is 42.0 Å². The van der Waals surface area contributed by atoms with E-state index in [4.69, 9.17) is 10.2 Å². The summed E-state index contributed by atoms with van der Waals surface area (Å²) in [6, 6.07) is 0. The number of aliphatic hydroxyl groups excluding tert-OH is 2. The molecule has 6 heteroatoms. The van der Waals surface area contributed by atoms with E-state index in [0.29, 0.717) is 0 Å². The first-order valence-corrected chi connectivity index (χ1v) is 3.95. The van der Waals surface area contributed by atoms with Gasteiger partial charge in [0.1, 0.15) is 12.9 Å². The standard InChI is InChI=1S/C8H12O6/c9-3-1-7(11)13-5-2-8(12)14-6-4-10/h2,5,9-10H,1,3-4,6H2/b5-2+. The van der Waals surface area contributed by atoms with Crippen LogP contribution in [0, 0.1) is 0 Å². The van der Waals surface area contributed by atoms with E-state index >= 15 is 0 Å². The Labute approximate surface area is 80.7 Å². The van der Waals surface area contributed by atoms with Gasteiger partial charge in [-0.2, -0.15) is 0 Å². The highest BCUT2D eigenvalue weighted by atomic mass is 16.5. The molecule has 0 bridgehead atoms. The predicted octanol–water partition coefficient (Wildman–Crippen LogP) is -1.04. The minimum absolute atomic E-state index is 0.103. The summed E-state index contributed by atoms with van der Waals surface area (Å²) in [6.45, 7) is -0.667. The van der Waals surface area contributed by atoms with E-state index in [-0.39, 0.29) is 26.2 Å². The summed E-state index contributed by atoms with van der Waals surface area (Å²) >= 11 is 0. The monoisotopic (exact) mass is 204 g/mol. The van der Waals surface area contributed by atoms with Crippen molar-refractivity contribution in [2.75, 3.05) is 19.8 Å². The molecule has 0 aromatic heterocycles. The molecule has 0 saturated carbocycles. The summed E-state index contributed by atoms with van der Waals surface area (Å²) in [5, 5.41) is 16.6. The van der Waals surface area contributed by atoms with Crippen LogP contribution in [-0.2, 0) is 19.1 Å². The van der Waals surface area contributed by atoms with Crippen molar-refractivity contribution in [3.05, 3.63) is 12.3 Å². The van der Waals surface area contributed by atoms with Crippen molar-refractivity contribution < 1.29 is 29.3 Å². The average molecular weight is 204 g/mol. The highest BCUT2D eigenvalue weighted by molar-refractivity contribution is 5.82. The first-order valence-electron chi connectivity index (χ1n) is 3.95. The molecule has 0 spiro atoms. The van der Waals surface area contributed by atoms with Crippen molar-refractivity contribution in [2.24, 2.45) is 0 Å². The molecule has 0 atom stereocenters. The molecular formula is C8H12O6. The van der Waals surface area contributed by atoms with Gasteiger partial charge in [0.05, 0.1) is 25.7 Å². The molecule has 0 aliphatic rings. The zero-order chi connectivity index (χ0) is 10.8. The van der Waals surface area contributed by atoms with Gasteiger partial charge in [-0.1, -0.05) is 0 Å². The molecule has 6 nitrogen and oxygen atoms in total. The largest absolute Gasteiger partial charge is 0.460 e. The van der Waals surface area contributed by atoms with Crippen LogP contribution < -0.4 is 0 Å². The second-order valence-electron chi connectivity index (χ2n) is 2.16. The summed E-state index contributed by atoms with van der Waals surface area (Å²) in [5.41, 5.74) is 0.